The molecule has 2 fully saturated rings. The zero-order valence-corrected chi connectivity index (χ0v) is 16.5. The van der Waals surface area contributed by atoms with Gasteiger partial charge in [-0.05, 0) is 42.3 Å². The van der Waals surface area contributed by atoms with E-state index in [1.807, 2.05) is 24.3 Å². The predicted molar refractivity (Wildman–Crippen MR) is 107 cm³/mol. The summed E-state index contributed by atoms with van der Waals surface area (Å²) in [6.07, 6.45) is 1.70. The second kappa shape index (κ2) is 6.10. The Bertz CT molecular complexity index is 1050. The first-order valence-electron chi connectivity index (χ1n) is 9.04. The molecule has 0 radical (unpaired) electrons. The van der Waals surface area contributed by atoms with Gasteiger partial charge < -0.3 is 0 Å². The Labute approximate surface area is 169 Å². The van der Waals surface area contributed by atoms with Crippen LogP contribution in [-0.4, -0.2) is 34.9 Å². The van der Waals surface area contributed by atoms with Crippen LogP contribution in [0.4, 0.5) is 5.69 Å². The van der Waals surface area contributed by atoms with Crippen molar-refractivity contribution >= 4 is 45.4 Å². The molecule has 6 nitrogen and oxygen atoms in total. The molecule has 7 heteroatoms. The minimum atomic E-state index is -0.739. The molecule has 2 amide bonds. The minimum absolute atomic E-state index is 0.159. The largest absolute Gasteiger partial charge is 0.298 e. The first-order chi connectivity index (χ1) is 13.5. The number of amides is 2. The van der Waals surface area contributed by atoms with E-state index in [-0.39, 0.29) is 17.6 Å². The van der Waals surface area contributed by atoms with Gasteiger partial charge in [-0.1, -0.05) is 40.2 Å². The highest BCUT2D eigenvalue weighted by atomic mass is 79.9. The van der Waals surface area contributed by atoms with Crippen molar-refractivity contribution in [2.45, 2.75) is 19.0 Å². The lowest BCUT2D eigenvalue weighted by Crippen LogP contribution is -2.43. The number of hydrogen-bond acceptors (Lipinski definition) is 5. The molecule has 4 atom stereocenters. The van der Waals surface area contributed by atoms with Crippen LogP contribution in [0.25, 0.3) is 0 Å². The van der Waals surface area contributed by atoms with Gasteiger partial charge in [0.25, 0.3) is 0 Å². The molecule has 0 N–H and O–H groups in total. The summed E-state index contributed by atoms with van der Waals surface area (Å²) in [5, 5.41) is 6.12. The molecular formula is C21H16BrN3O3. The third-order valence-electron chi connectivity index (χ3n) is 5.79. The fourth-order valence-corrected chi connectivity index (χ4v) is 4.93. The molecule has 0 bridgehead atoms. The van der Waals surface area contributed by atoms with E-state index in [1.165, 1.54) is 11.8 Å². The van der Waals surface area contributed by atoms with Crippen LogP contribution < -0.4 is 4.90 Å². The Morgan fingerprint density at radius 2 is 1.68 bits per heavy atom. The summed E-state index contributed by atoms with van der Waals surface area (Å²) in [6, 6.07) is 13.6. The molecule has 2 saturated heterocycles. The predicted octanol–water partition coefficient (Wildman–Crippen LogP) is 2.92. The molecule has 0 aliphatic carbocycles. The topological polar surface area (TPSA) is 70.0 Å². The lowest BCUT2D eigenvalue weighted by Gasteiger charge is -2.33. The first kappa shape index (κ1) is 17.3. The fourth-order valence-electron chi connectivity index (χ4n) is 4.67. The number of benzene rings is 2. The van der Waals surface area contributed by atoms with Crippen molar-refractivity contribution in [2.24, 2.45) is 16.9 Å². The number of carbonyl (C=O) groups is 3. The van der Waals surface area contributed by atoms with Crippen LogP contribution >= 0.6 is 15.9 Å². The van der Waals surface area contributed by atoms with E-state index in [0.29, 0.717) is 5.69 Å². The van der Waals surface area contributed by atoms with Crippen molar-refractivity contribution < 1.29 is 14.4 Å². The number of imide groups is 1. The van der Waals surface area contributed by atoms with E-state index in [4.69, 9.17) is 0 Å². The molecule has 28 heavy (non-hydrogen) atoms. The number of hydrogen-bond donors (Lipinski definition) is 0. The lowest BCUT2D eigenvalue weighted by molar-refractivity contribution is -0.129. The molecule has 0 saturated carbocycles. The van der Waals surface area contributed by atoms with Crippen LogP contribution in [0.2, 0.25) is 0 Å². The van der Waals surface area contributed by atoms with Gasteiger partial charge in [-0.15, -0.1) is 0 Å². The summed E-state index contributed by atoms with van der Waals surface area (Å²) in [4.78, 5) is 40.5. The second-order valence-electron chi connectivity index (χ2n) is 7.29. The van der Waals surface area contributed by atoms with Gasteiger partial charge in [0.05, 0.1) is 29.8 Å². The Kier molecular flexibility index (Phi) is 3.77. The van der Waals surface area contributed by atoms with Gasteiger partial charge in [0, 0.05) is 4.47 Å². The van der Waals surface area contributed by atoms with E-state index in [9.17, 15) is 14.4 Å². The van der Waals surface area contributed by atoms with Crippen LogP contribution in [0.15, 0.2) is 58.1 Å². The summed E-state index contributed by atoms with van der Waals surface area (Å²) in [5.41, 5.74) is 2.36. The van der Waals surface area contributed by atoms with Gasteiger partial charge in [-0.2, -0.15) is 5.10 Å². The Morgan fingerprint density at radius 3 is 2.39 bits per heavy atom. The fraction of sp³-hybridized carbons (Fsp3) is 0.238. The maximum atomic E-state index is 13.4. The van der Waals surface area contributed by atoms with Crippen LogP contribution in [0.3, 0.4) is 0 Å². The number of anilines is 1. The molecule has 140 valence electrons. The number of fused-ring (bicyclic) bond motifs is 5. The number of halogens is 1. The van der Waals surface area contributed by atoms with Crippen LogP contribution in [0, 0.1) is 11.8 Å². The summed E-state index contributed by atoms with van der Waals surface area (Å²) in [5.74, 6) is -2.14. The van der Waals surface area contributed by atoms with Crippen molar-refractivity contribution in [2.75, 3.05) is 4.90 Å². The highest BCUT2D eigenvalue weighted by Crippen LogP contribution is 2.52. The average molecular weight is 438 g/mol. The summed E-state index contributed by atoms with van der Waals surface area (Å²) < 4.78 is 0.860. The highest BCUT2D eigenvalue weighted by Gasteiger charge is 2.64. The van der Waals surface area contributed by atoms with E-state index < -0.39 is 23.9 Å². The van der Waals surface area contributed by atoms with Crippen molar-refractivity contribution in [1.29, 1.82) is 0 Å². The summed E-state index contributed by atoms with van der Waals surface area (Å²) in [6.45, 7) is 1.46. The zero-order valence-electron chi connectivity index (χ0n) is 14.9. The summed E-state index contributed by atoms with van der Waals surface area (Å²) in [7, 11) is 0. The summed E-state index contributed by atoms with van der Waals surface area (Å²) >= 11 is 3.37. The number of Topliss-reactive ketones (excluding diaryl/α,β-unsaturated/α-hetero) is 1. The number of carbonyl (C=O) groups excluding carboxylic acids is 3. The van der Waals surface area contributed by atoms with E-state index >= 15 is 0 Å². The lowest BCUT2D eigenvalue weighted by atomic mass is 9.84. The standard InChI is InChI=1S/C21H16BrN3O3/c1-11(26)18-16-17(19-15-5-3-2-4-12(15)10-23-25(18)19)21(28)24(20(16)27)14-8-6-13(22)7-9-14/h2-10,16-19H,1H3. The molecule has 2 aromatic rings. The number of hydrazone groups is 1. The maximum absolute atomic E-state index is 13.4. The van der Waals surface area contributed by atoms with Gasteiger partial charge in [-0.25, -0.2) is 4.90 Å². The second-order valence-corrected chi connectivity index (χ2v) is 8.21. The molecular weight excluding hydrogens is 422 g/mol. The van der Waals surface area contributed by atoms with Crippen molar-refractivity contribution in [3.63, 3.8) is 0 Å². The molecule has 3 aliphatic rings. The van der Waals surface area contributed by atoms with Crippen LogP contribution in [-0.2, 0) is 14.4 Å². The number of ketones is 1. The van der Waals surface area contributed by atoms with Gasteiger partial charge in [0.15, 0.2) is 5.78 Å². The molecule has 0 spiro atoms. The molecule has 3 aliphatic heterocycles. The van der Waals surface area contributed by atoms with Gasteiger partial charge in [-0.3, -0.25) is 19.4 Å². The van der Waals surface area contributed by atoms with E-state index in [0.717, 1.165) is 15.6 Å². The number of nitrogens with zero attached hydrogens (tertiary/aromatic N) is 3. The van der Waals surface area contributed by atoms with Crippen molar-refractivity contribution in [1.82, 2.24) is 5.01 Å². The molecule has 5 rings (SSSR count). The minimum Gasteiger partial charge on any atom is -0.298 e. The van der Waals surface area contributed by atoms with Crippen molar-refractivity contribution in [3.05, 3.63) is 64.1 Å². The van der Waals surface area contributed by atoms with E-state index in [1.54, 1.807) is 35.5 Å². The van der Waals surface area contributed by atoms with Crippen molar-refractivity contribution in [3.8, 4) is 0 Å². The Hall–Kier alpha value is -2.80. The molecule has 3 heterocycles. The molecule has 0 aromatic heterocycles. The normalized spacial score (nSPS) is 27.6. The van der Waals surface area contributed by atoms with Crippen LogP contribution in [0.1, 0.15) is 24.1 Å². The highest BCUT2D eigenvalue weighted by molar-refractivity contribution is 9.10. The van der Waals surface area contributed by atoms with Gasteiger partial charge >= 0.3 is 0 Å². The van der Waals surface area contributed by atoms with E-state index in [2.05, 4.69) is 21.0 Å². The average Bonchev–Trinajstić information content (AvgIpc) is 3.16. The quantitative estimate of drug-likeness (QED) is 0.677. The smallest absolute Gasteiger partial charge is 0.240 e. The molecule has 2 aromatic carbocycles. The van der Waals surface area contributed by atoms with Gasteiger partial charge in [0.2, 0.25) is 11.8 Å². The third-order valence-corrected chi connectivity index (χ3v) is 6.32. The SMILES string of the molecule is CC(=O)C1C2C(=O)N(c3ccc(Br)cc3)C(=O)C2C2c3ccccc3C=NN12. The zero-order chi connectivity index (χ0) is 19.6. The van der Waals surface area contributed by atoms with Crippen LogP contribution in [0.5, 0.6) is 0 Å². The monoisotopic (exact) mass is 437 g/mol. The Morgan fingerprint density at radius 1 is 1.00 bits per heavy atom. The first-order valence-corrected chi connectivity index (χ1v) is 9.83. The van der Waals surface area contributed by atoms with Gasteiger partial charge in [0.1, 0.15) is 6.04 Å². The third kappa shape index (κ3) is 2.26. The molecule has 4 unspecified atom stereocenters. The Balaban J connectivity index is 1.65. The maximum Gasteiger partial charge on any atom is 0.240 e. The number of rotatable bonds is 2.